The molecular weight excluding hydrogens is 533 g/mol. The van der Waals surface area contributed by atoms with Crippen LogP contribution in [0.15, 0.2) is 18.3 Å². The second-order valence-electron chi connectivity index (χ2n) is 9.50. The molecule has 0 spiro atoms. The van der Waals surface area contributed by atoms with Crippen molar-refractivity contribution in [1.82, 2.24) is 19.9 Å². The second-order valence-corrected chi connectivity index (χ2v) is 10.7. The number of benzene rings is 1. The Labute approximate surface area is 220 Å². The molecule has 4 N–H and O–H groups in total. The first-order valence-electron chi connectivity index (χ1n) is 11.8. The number of halogens is 3. The molecule has 4 rings (SSSR count). The number of ether oxygens (including phenoxy) is 2. The van der Waals surface area contributed by atoms with E-state index in [1.54, 1.807) is 0 Å². The number of carbonyl (C=O) groups is 1. The van der Waals surface area contributed by atoms with E-state index >= 15 is 0 Å². The molecule has 1 aromatic carbocycles. The van der Waals surface area contributed by atoms with Gasteiger partial charge in [0.15, 0.2) is 17.5 Å². The highest BCUT2D eigenvalue weighted by Gasteiger charge is 2.51. The second kappa shape index (κ2) is 11.5. The molecule has 0 saturated carbocycles. The van der Waals surface area contributed by atoms with Crippen molar-refractivity contribution in [3.05, 3.63) is 35.8 Å². The highest BCUT2D eigenvalue weighted by Crippen LogP contribution is 2.42. The molecular formula is C23H29F3N4O7S. The predicted octanol–water partition coefficient (Wildman–Crippen LogP) is 0.0740. The third kappa shape index (κ3) is 5.54. The third-order valence-corrected chi connectivity index (χ3v) is 8.30. The molecule has 2 fully saturated rings. The Bertz CT molecular complexity index is 1130. The van der Waals surface area contributed by atoms with Crippen LogP contribution in [-0.2, 0) is 14.3 Å². The smallest absolute Gasteiger partial charge is 0.238 e. The molecule has 0 radical (unpaired) electrons. The van der Waals surface area contributed by atoms with Crippen LogP contribution in [0.3, 0.4) is 0 Å². The van der Waals surface area contributed by atoms with Gasteiger partial charge in [-0.2, -0.15) is 0 Å². The third-order valence-electron chi connectivity index (χ3n) is 6.73. The van der Waals surface area contributed by atoms with E-state index in [-0.39, 0.29) is 37.3 Å². The minimum atomic E-state index is -1.64. The van der Waals surface area contributed by atoms with E-state index in [9.17, 15) is 38.4 Å². The number of aliphatic hydroxyl groups excluding tert-OH is 3. The highest BCUT2D eigenvalue weighted by atomic mass is 32.2. The van der Waals surface area contributed by atoms with Crippen molar-refractivity contribution in [2.45, 2.75) is 53.5 Å². The summed E-state index contributed by atoms with van der Waals surface area (Å²) in [6, 6.07) is 0.185. The molecule has 2 aliphatic rings. The molecule has 6 atom stereocenters. The fourth-order valence-electron chi connectivity index (χ4n) is 4.52. The molecule has 210 valence electrons. The number of amides is 1. The quantitative estimate of drug-likeness (QED) is 0.342. The zero-order valence-electron chi connectivity index (χ0n) is 20.6. The summed E-state index contributed by atoms with van der Waals surface area (Å²) in [6.07, 6.45) is -2.72. The Morgan fingerprint density at radius 2 is 1.84 bits per heavy atom. The molecule has 2 aromatic rings. The number of aliphatic hydroxyl groups is 4. The molecule has 0 aliphatic carbocycles. The topological polar surface area (TPSA) is 150 Å². The lowest BCUT2D eigenvalue weighted by Crippen LogP contribution is -2.58. The molecule has 2 aliphatic heterocycles. The molecule has 1 amide bonds. The number of nitrogens with zero attached hydrogens (tertiary/aromatic N) is 4. The first-order chi connectivity index (χ1) is 18.0. The van der Waals surface area contributed by atoms with E-state index in [4.69, 9.17) is 9.47 Å². The van der Waals surface area contributed by atoms with E-state index in [1.807, 2.05) is 0 Å². The maximum atomic E-state index is 13.7. The van der Waals surface area contributed by atoms with Crippen molar-refractivity contribution in [3.8, 4) is 11.3 Å². The summed E-state index contributed by atoms with van der Waals surface area (Å²) in [5, 5.41) is 49.9. The summed E-state index contributed by atoms with van der Waals surface area (Å²) >= 11 is 0.850. The summed E-state index contributed by atoms with van der Waals surface area (Å²) in [5.74, 6) is -4.93. The highest BCUT2D eigenvalue weighted by molar-refractivity contribution is 8.01. The summed E-state index contributed by atoms with van der Waals surface area (Å²) in [5.41, 5.74) is -2.89. The molecule has 11 nitrogen and oxygen atoms in total. The van der Waals surface area contributed by atoms with Gasteiger partial charge in [-0.05, 0) is 12.1 Å². The standard InChI is InChI=1S/C23H29F3N4O7S/c1-29(2)21(34)20(23(35)3-5-36-6-4-23)38-22-19(33)17(18(32)15(10-31)37-22)30-9-14(27-28-30)11-7-12(24)16(26)13(25)8-11/h7-9,15,17-20,22,31-33,35H,3-6,10H2,1-2H3/t15-,17+,18+,19-,20?,22+/m1/s1. The maximum absolute atomic E-state index is 13.7. The molecule has 2 saturated heterocycles. The summed E-state index contributed by atoms with van der Waals surface area (Å²) in [7, 11) is 3.05. The molecule has 1 unspecified atom stereocenters. The Morgan fingerprint density at radius 1 is 1.21 bits per heavy atom. The summed E-state index contributed by atoms with van der Waals surface area (Å²) in [6.45, 7) is -0.188. The van der Waals surface area contributed by atoms with Crippen LogP contribution in [0.4, 0.5) is 13.2 Å². The van der Waals surface area contributed by atoms with Gasteiger partial charge in [0.25, 0.3) is 0 Å². The number of hydrogen-bond donors (Lipinski definition) is 4. The van der Waals surface area contributed by atoms with Crippen molar-refractivity contribution >= 4 is 17.7 Å². The van der Waals surface area contributed by atoms with Crippen LogP contribution in [0.5, 0.6) is 0 Å². The lowest BCUT2D eigenvalue weighted by atomic mass is 9.89. The van der Waals surface area contributed by atoms with E-state index < -0.39 is 70.6 Å². The van der Waals surface area contributed by atoms with Gasteiger partial charge in [-0.15, -0.1) is 16.9 Å². The number of hydrogen-bond acceptors (Lipinski definition) is 10. The van der Waals surface area contributed by atoms with Gasteiger partial charge in [0.1, 0.15) is 40.7 Å². The average Bonchev–Trinajstić information content (AvgIpc) is 3.36. The van der Waals surface area contributed by atoms with Gasteiger partial charge in [-0.3, -0.25) is 4.79 Å². The van der Waals surface area contributed by atoms with E-state index in [2.05, 4.69) is 10.3 Å². The predicted molar refractivity (Wildman–Crippen MR) is 127 cm³/mol. The first-order valence-corrected chi connectivity index (χ1v) is 12.8. The lowest BCUT2D eigenvalue weighted by molar-refractivity contribution is -0.179. The number of rotatable bonds is 7. The largest absolute Gasteiger partial charge is 0.394 e. The van der Waals surface area contributed by atoms with Gasteiger partial charge in [0.05, 0.1) is 18.4 Å². The monoisotopic (exact) mass is 562 g/mol. The van der Waals surface area contributed by atoms with Crippen molar-refractivity contribution in [1.29, 1.82) is 0 Å². The van der Waals surface area contributed by atoms with Gasteiger partial charge in [0.2, 0.25) is 5.91 Å². The first kappa shape index (κ1) is 28.7. The van der Waals surface area contributed by atoms with Crippen molar-refractivity contribution in [3.63, 3.8) is 0 Å². The molecule has 3 heterocycles. The van der Waals surface area contributed by atoms with Crippen LogP contribution >= 0.6 is 11.8 Å². The fraction of sp³-hybridized carbons (Fsp3) is 0.609. The maximum Gasteiger partial charge on any atom is 0.238 e. The minimum absolute atomic E-state index is 0.0735. The van der Waals surface area contributed by atoms with Crippen molar-refractivity contribution in [2.75, 3.05) is 33.9 Å². The fourth-order valence-corrected chi connectivity index (χ4v) is 6.13. The Hall–Kier alpha value is -2.27. The zero-order chi connectivity index (χ0) is 27.8. The van der Waals surface area contributed by atoms with E-state index in [0.29, 0.717) is 0 Å². The summed E-state index contributed by atoms with van der Waals surface area (Å²) in [4.78, 5) is 14.4. The van der Waals surface area contributed by atoms with Gasteiger partial charge < -0.3 is 34.8 Å². The van der Waals surface area contributed by atoms with Crippen molar-refractivity contribution < 1.29 is 47.9 Å². The molecule has 15 heteroatoms. The van der Waals surface area contributed by atoms with E-state index in [0.717, 1.165) is 28.6 Å². The van der Waals surface area contributed by atoms with Crippen LogP contribution < -0.4 is 0 Å². The van der Waals surface area contributed by atoms with E-state index in [1.165, 1.54) is 25.2 Å². The molecule has 38 heavy (non-hydrogen) atoms. The average molecular weight is 563 g/mol. The van der Waals surface area contributed by atoms with Gasteiger partial charge in [0, 0.05) is 45.7 Å². The Morgan fingerprint density at radius 3 is 2.42 bits per heavy atom. The molecule has 0 bridgehead atoms. The van der Waals surface area contributed by atoms with Gasteiger partial charge in [-0.1, -0.05) is 5.21 Å². The van der Waals surface area contributed by atoms with Crippen molar-refractivity contribution in [2.24, 2.45) is 0 Å². The van der Waals surface area contributed by atoms with Crippen LogP contribution in [0, 0.1) is 17.5 Å². The lowest BCUT2D eigenvalue weighted by Gasteiger charge is -2.45. The normalized spacial score (nSPS) is 28.2. The van der Waals surface area contributed by atoms with Gasteiger partial charge >= 0.3 is 0 Å². The minimum Gasteiger partial charge on any atom is -0.394 e. The number of carbonyl (C=O) groups excluding carboxylic acids is 1. The zero-order valence-corrected chi connectivity index (χ0v) is 21.4. The summed E-state index contributed by atoms with van der Waals surface area (Å²) < 4.78 is 53.0. The molecule has 1 aromatic heterocycles. The van der Waals surface area contributed by atoms with Crippen LogP contribution in [-0.4, -0.2) is 115 Å². The van der Waals surface area contributed by atoms with Gasteiger partial charge in [-0.25, -0.2) is 17.9 Å². The number of aromatic nitrogens is 3. The van der Waals surface area contributed by atoms with Crippen LogP contribution in [0.2, 0.25) is 0 Å². The van der Waals surface area contributed by atoms with Crippen LogP contribution in [0.1, 0.15) is 18.9 Å². The Kier molecular flexibility index (Phi) is 8.66. The Balaban J connectivity index is 1.64. The SMILES string of the molecule is CN(C)C(=O)C(S[C@@H]1O[C@H](CO)[C@H](O)[C@H](n2cc(-c3cc(F)c(F)c(F)c3)nn2)[C@H]1O)C1(O)CCOCC1. The van der Waals surface area contributed by atoms with Crippen LogP contribution in [0.25, 0.3) is 11.3 Å². The number of thioether (sulfide) groups is 1.